The summed E-state index contributed by atoms with van der Waals surface area (Å²) in [5, 5.41) is 3.51. The van der Waals surface area contributed by atoms with Crippen molar-refractivity contribution in [3.63, 3.8) is 0 Å². The fourth-order valence-corrected chi connectivity index (χ4v) is 4.63. The predicted octanol–water partition coefficient (Wildman–Crippen LogP) is 4.50. The van der Waals surface area contributed by atoms with Gasteiger partial charge >= 0.3 is 0 Å². The molecule has 2 aromatic carbocycles. The van der Waals surface area contributed by atoms with Gasteiger partial charge in [-0.05, 0) is 44.2 Å². The summed E-state index contributed by atoms with van der Waals surface area (Å²) in [4.78, 5) is 7.89. The molecule has 3 heterocycles. The molecule has 0 aliphatic carbocycles. The Morgan fingerprint density at radius 2 is 1.82 bits per heavy atom. The zero-order valence-corrected chi connectivity index (χ0v) is 21.0. The Labute approximate surface area is 235 Å². The number of ether oxygens (including phenoxy) is 1. The van der Waals surface area contributed by atoms with Gasteiger partial charge in [-0.15, -0.1) is 0 Å². The van der Waals surface area contributed by atoms with E-state index in [0.29, 0.717) is 43.7 Å². The van der Waals surface area contributed by atoms with Gasteiger partial charge < -0.3 is 20.3 Å². The Morgan fingerprint density at radius 3 is 2.53 bits per heavy atom. The molecule has 0 unspecified atom stereocenters. The van der Waals surface area contributed by atoms with Crippen molar-refractivity contribution in [2.75, 3.05) is 18.9 Å². The summed E-state index contributed by atoms with van der Waals surface area (Å²) in [6.07, 6.45) is 2.49. The molecule has 1 fully saturated rings. The quantitative estimate of drug-likeness (QED) is 0.330. The predicted molar refractivity (Wildman–Crippen MR) is 146 cm³/mol. The monoisotopic (exact) mass is 542 g/mol. The molecule has 4 aromatic rings. The van der Waals surface area contributed by atoms with Crippen LogP contribution in [0.1, 0.15) is 44.4 Å². The molecule has 10 heteroatoms. The Kier molecular flexibility index (Phi) is 4.95. The van der Waals surface area contributed by atoms with Crippen LogP contribution in [0.15, 0.2) is 70.2 Å². The fourth-order valence-electron chi connectivity index (χ4n) is 3.90. The van der Waals surface area contributed by atoms with Crippen LogP contribution in [-0.2, 0) is 21.1 Å². The molecule has 0 atom stereocenters. The molecule has 0 bridgehead atoms. The van der Waals surface area contributed by atoms with Crippen molar-refractivity contribution in [1.82, 2.24) is 20.4 Å². The molecule has 1 saturated heterocycles. The molecule has 0 radical (unpaired) electrons. The van der Waals surface area contributed by atoms with Gasteiger partial charge in [0.1, 0.15) is 5.69 Å². The Hall–Kier alpha value is -3.60. The highest BCUT2D eigenvalue weighted by Crippen LogP contribution is 2.30. The van der Waals surface area contributed by atoms with Gasteiger partial charge in [-0.25, -0.2) is 18.4 Å². The number of aromatic nitrogens is 3. The molecule has 0 saturated carbocycles. The average Bonchev–Trinajstić information content (AvgIpc) is 3.40. The first kappa shape index (κ1) is 17.1. The summed E-state index contributed by atoms with van der Waals surface area (Å²) in [5.41, 5.74) is 8.30. The van der Waals surface area contributed by atoms with Crippen molar-refractivity contribution in [3.05, 3.63) is 66.3 Å². The number of anilines is 1. The first-order valence-corrected chi connectivity index (χ1v) is 13.2. The summed E-state index contributed by atoms with van der Waals surface area (Å²) in [7, 11) is -5.20. The number of sulfone groups is 1. The zero-order chi connectivity index (χ0) is 34.4. The lowest BCUT2D eigenvalue weighted by Gasteiger charge is -2.23. The number of nitrogens with zero attached hydrogens (tertiary/aromatic N) is 3. The highest BCUT2D eigenvalue weighted by molar-refractivity contribution is 7.92. The third kappa shape index (κ3) is 5.62. The molecule has 198 valence electrons. The van der Waals surface area contributed by atoms with Crippen molar-refractivity contribution in [2.45, 2.75) is 49.2 Å². The molecular weight excluding hydrogens is 502 g/mol. The highest BCUT2D eigenvalue weighted by atomic mass is 32.2. The van der Waals surface area contributed by atoms with E-state index in [-0.39, 0.29) is 34.7 Å². The number of hydrogen-bond donors (Lipinski definition) is 2. The molecule has 3 N–H and O–H groups in total. The topological polar surface area (TPSA) is 133 Å². The molecule has 2 aromatic heterocycles. The second-order valence-electron chi connectivity index (χ2n) is 8.60. The number of benzene rings is 2. The van der Waals surface area contributed by atoms with Crippen LogP contribution in [0.2, 0.25) is 0 Å². The van der Waals surface area contributed by atoms with Gasteiger partial charge in [-0.3, -0.25) is 0 Å². The highest BCUT2D eigenvalue weighted by Gasteiger charge is 2.20. The van der Waals surface area contributed by atoms with E-state index in [1.54, 1.807) is 12.1 Å². The Morgan fingerprint density at radius 1 is 1.13 bits per heavy atom. The van der Waals surface area contributed by atoms with Crippen LogP contribution in [0.5, 0.6) is 0 Å². The molecule has 1 aliphatic heterocycles. The second kappa shape index (κ2) is 11.0. The van der Waals surface area contributed by atoms with Gasteiger partial charge in [0.15, 0.2) is 27.1 Å². The van der Waals surface area contributed by atoms with Crippen molar-refractivity contribution in [2.24, 2.45) is 0 Å². The minimum atomic E-state index is -5.20. The van der Waals surface area contributed by atoms with Gasteiger partial charge in [0.2, 0.25) is 0 Å². The normalized spacial score (nSPS) is 19.9. The summed E-state index contributed by atoms with van der Waals surface area (Å²) >= 11 is 0. The zero-order valence-electron chi connectivity index (χ0n) is 29.2. The van der Waals surface area contributed by atoms with Gasteiger partial charge in [0.05, 0.1) is 23.4 Å². The van der Waals surface area contributed by atoms with Crippen LogP contribution < -0.4 is 11.1 Å². The van der Waals surface area contributed by atoms with Crippen LogP contribution >= 0.6 is 0 Å². The number of rotatable bonds is 8. The SMILES string of the molecule is [2H]c1c(-c2ccc(CNC3([2H])CCOCC3)cc2)noc1-c1nc(-c2ccc(S(=O)(=O)C([2H])(C([2H])([2H])[2H])C([2H])([2H])[2H])cc2)cnc1N. The first-order valence-electron chi connectivity index (χ1n) is 16.2. The maximum absolute atomic E-state index is 13.2. The Balaban J connectivity index is 1.38. The van der Waals surface area contributed by atoms with E-state index in [2.05, 4.69) is 20.4 Å². The minimum Gasteiger partial charge on any atom is -0.382 e. The van der Waals surface area contributed by atoms with Crippen molar-refractivity contribution in [3.8, 4) is 34.0 Å². The van der Waals surface area contributed by atoms with E-state index < -0.39 is 39.7 Å². The van der Waals surface area contributed by atoms with E-state index >= 15 is 0 Å². The second-order valence-corrected chi connectivity index (χ2v) is 10.5. The van der Waals surface area contributed by atoms with E-state index in [0.717, 1.165) is 17.7 Å². The van der Waals surface area contributed by atoms with Crippen LogP contribution in [0.3, 0.4) is 0 Å². The van der Waals surface area contributed by atoms with E-state index in [1.165, 1.54) is 18.3 Å². The van der Waals surface area contributed by atoms with E-state index in [9.17, 15) is 8.42 Å². The third-order valence-corrected chi connectivity index (χ3v) is 7.50. The molecule has 0 amide bonds. The summed E-state index contributed by atoms with van der Waals surface area (Å²) < 4.78 is 108. The lowest BCUT2D eigenvalue weighted by atomic mass is 10.1. The Bertz CT molecular complexity index is 1840. The van der Waals surface area contributed by atoms with Crippen molar-refractivity contribution >= 4 is 15.7 Å². The van der Waals surface area contributed by atoms with Crippen molar-refractivity contribution < 1.29 is 30.0 Å². The van der Waals surface area contributed by atoms with Gasteiger partial charge in [0.25, 0.3) is 0 Å². The molecule has 9 nitrogen and oxygen atoms in total. The lowest BCUT2D eigenvalue weighted by molar-refractivity contribution is 0.0776. The summed E-state index contributed by atoms with van der Waals surface area (Å²) in [6, 6.07) is 10.9. The number of nitrogen functional groups attached to an aromatic ring is 1. The smallest absolute Gasteiger partial charge is 0.189 e. The minimum absolute atomic E-state index is 0.00375. The summed E-state index contributed by atoms with van der Waals surface area (Å²) in [5.74, 6) is -0.140. The van der Waals surface area contributed by atoms with Crippen molar-refractivity contribution in [1.29, 1.82) is 0 Å². The van der Waals surface area contributed by atoms with Crippen LogP contribution in [0, 0.1) is 0 Å². The van der Waals surface area contributed by atoms with Gasteiger partial charge in [0, 0.05) is 53.9 Å². The maximum Gasteiger partial charge on any atom is 0.189 e. The molecular formula is C28H31N5O4S. The molecule has 0 spiro atoms. The molecule has 1 aliphatic rings. The van der Waals surface area contributed by atoms with Gasteiger partial charge in [-0.2, -0.15) is 0 Å². The van der Waals surface area contributed by atoms with E-state index in [1.807, 2.05) is 12.1 Å². The largest absolute Gasteiger partial charge is 0.382 e. The fraction of sp³-hybridized carbons (Fsp3) is 0.321. The molecule has 5 rings (SSSR count). The van der Waals surface area contributed by atoms with Crippen LogP contribution in [0.4, 0.5) is 5.82 Å². The number of hydrogen-bond acceptors (Lipinski definition) is 9. The third-order valence-electron chi connectivity index (χ3n) is 6.07. The van der Waals surface area contributed by atoms with Gasteiger partial charge in [-0.1, -0.05) is 41.6 Å². The molecule has 38 heavy (non-hydrogen) atoms. The maximum atomic E-state index is 13.2. The lowest BCUT2D eigenvalue weighted by Crippen LogP contribution is -2.34. The number of nitrogens with one attached hydrogen (secondary N) is 1. The van der Waals surface area contributed by atoms with Crippen LogP contribution in [-0.4, -0.2) is 48.0 Å². The average molecular weight is 543 g/mol. The van der Waals surface area contributed by atoms with E-state index in [4.69, 9.17) is 27.3 Å². The first-order chi connectivity index (χ1) is 21.9. The standard InChI is InChI=1S/C28H31N5O4S/c1-18(2)38(34,35)23-9-7-21(8-10-23)25-17-31-28(29)27(32-25)26-15-24(33-37-26)20-5-3-19(4-6-20)16-30-22-11-13-36-14-12-22/h3-10,15,17-18,22,30H,11-14,16H2,1-2H3,(H2,29,31)/i1D3,2D3,15D,18D,22D. The number of nitrogens with two attached hydrogens (primary N) is 1. The summed E-state index contributed by atoms with van der Waals surface area (Å²) in [6.45, 7) is -5.78. The van der Waals surface area contributed by atoms with Crippen LogP contribution in [0.25, 0.3) is 34.0 Å².